The van der Waals surface area contributed by atoms with Gasteiger partial charge in [-0.15, -0.1) is 0 Å². The van der Waals surface area contributed by atoms with Gasteiger partial charge in [-0.2, -0.15) is 9.83 Å². The Morgan fingerprint density at radius 1 is 0.731 bits per heavy atom. The molecule has 128 valence electrons. The summed E-state index contributed by atoms with van der Waals surface area (Å²) in [5, 5.41) is 11.4. The van der Waals surface area contributed by atoms with Crippen LogP contribution in [0.2, 0.25) is 0 Å². The first-order chi connectivity index (χ1) is 11.9. The number of pyridine rings is 2. The molecule has 1 N–H and O–H groups in total. The predicted molar refractivity (Wildman–Crippen MR) is 92.2 cm³/mol. The highest BCUT2D eigenvalue weighted by molar-refractivity contribution is 5.92. The van der Waals surface area contributed by atoms with E-state index >= 15 is 0 Å². The van der Waals surface area contributed by atoms with Gasteiger partial charge in [-0.05, 0) is 23.3 Å². The summed E-state index contributed by atoms with van der Waals surface area (Å²) in [5.41, 5.74) is 4.11. The van der Waals surface area contributed by atoms with Crippen LogP contribution < -0.4 is 34.4 Å². The summed E-state index contributed by atoms with van der Waals surface area (Å²) in [6.07, 6.45) is 7.95. The molecule has 0 saturated carbocycles. The molecule has 26 heavy (non-hydrogen) atoms. The molecular formula is C21H15Cl2N3. The van der Waals surface area contributed by atoms with Crippen LogP contribution in [-0.4, -0.2) is 0 Å². The van der Waals surface area contributed by atoms with Gasteiger partial charge in [0.15, 0.2) is 24.8 Å². The van der Waals surface area contributed by atoms with Crippen molar-refractivity contribution in [3.8, 4) is 22.9 Å². The monoisotopic (exact) mass is 379 g/mol. The number of benzene rings is 2. The molecule has 2 aromatic carbocycles. The molecule has 0 aliphatic carbocycles. The van der Waals surface area contributed by atoms with Crippen molar-refractivity contribution in [1.29, 1.82) is 5.26 Å². The standard InChI is InChI=1S/C21H14N3.2ClH/c22-15-18-5-6-21(20-4-2-1-3-19(18)20)24-13-9-17(10-14-24)16-7-11-23-12-8-16;;/h1-14H;2*1H/q+1;;/p-1. The van der Waals surface area contributed by atoms with Crippen LogP contribution in [0, 0.1) is 11.3 Å². The number of hydrogen-bond acceptors (Lipinski definition) is 1. The maximum atomic E-state index is 9.30. The molecule has 4 aromatic rings. The van der Waals surface area contributed by atoms with E-state index in [4.69, 9.17) is 0 Å². The van der Waals surface area contributed by atoms with Crippen LogP contribution in [0.3, 0.4) is 0 Å². The van der Waals surface area contributed by atoms with E-state index in [1.807, 2.05) is 42.7 Å². The zero-order chi connectivity index (χ0) is 16.4. The average molecular weight is 380 g/mol. The Balaban J connectivity index is 0.00000121. The molecule has 0 aliphatic heterocycles. The number of nitrogens with one attached hydrogen (secondary N) is 1. The van der Waals surface area contributed by atoms with Gasteiger partial charge in [-0.25, -0.2) is 4.98 Å². The number of aromatic nitrogens is 2. The SMILES string of the molecule is N#Cc1ccc(-[n+]2ccc(-c3cc[nH+]cc3)cc2)c2ccccc12.[Cl-].[Cl-]. The van der Waals surface area contributed by atoms with Gasteiger partial charge in [-0.3, -0.25) is 0 Å². The van der Waals surface area contributed by atoms with Crippen molar-refractivity contribution in [2.24, 2.45) is 0 Å². The lowest BCUT2D eigenvalue weighted by Gasteiger charge is -2.04. The highest BCUT2D eigenvalue weighted by atomic mass is 35.5. The van der Waals surface area contributed by atoms with Crippen LogP contribution in [-0.2, 0) is 0 Å². The molecule has 4 rings (SSSR count). The van der Waals surface area contributed by atoms with Gasteiger partial charge in [0.25, 0.3) is 0 Å². The van der Waals surface area contributed by atoms with Crippen molar-refractivity contribution >= 4 is 10.8 Å². The second kappa shape index (κ2) is 8.44. The predicted octanol–water partition coefficient (Wildman–Crippen LogP) is -2.52. The summed E-state index contributed by atoms with van der Waals surface area (Å²) in [7, 11) is 0. The largest absolute Gasteiger partial charge is 1.00 e. The number of fused-ring (bicyclic) bond motifs is 1. The first kappa shape index (κ1) is 19.4. The normalized spacial score (nSPS) is 9.65. The second-order valence-corrected chi connectivity index (χ2v) is 5.57. The van der Waals surface area contributed by atoms with E-state index in [0.717, 1.165) is 16.5 Å². The molecular weight excluding hydrogens is 365 g/mol. The van der Waals surface area contributed by atoms with Crippen molar-refractivity contribution in [2.45, 2.75) is 0 Å². The zero-order valence-electron chi connectivity index (χ0n) is 13.7. The third kappa shape index (κ3) is 3.52. The summed E-state index contributed by atoms with van der Waals surface area (Å²) in [5.74, 6) is 0. The number of nitriles is 1. The topological polar surface area (TPSA) is 41.8 Å². The minimum Gasteiger partial charge on any atom is -1.00 e. The van der Waals surface area contributed by atoms with E-state index in [1.54, 1.807) is 0 Å². The van der Waals surface area contributed by atoms with Crippen molar-refractivity contribution in [3.05, 3.63) is 91.0 Å². The summed E-state index contributed by atoms with van der Waals surface area (Å²) in [6.45, 7) is 0. The number of aromatic amines is 1. The van der Waals surface area contributed by atoms with E-state index in [2.05, 4.69) is 58.3 Å². The fourth-order valence-electron chi connectivity index (χ4n) is 2.96. The molecule has 0 bridgehead atoms. The third-order valence-electron chi connectivity index (χ3n) is 4.18. The van der Waals surface area contributed by atoms with Crippen molar-refractivity contribution in [2.75, 3.05) is 0 Å². The second-order valence-electron chi connectivity index (χ2n) is 5.57. The molecule has 5 heteroatoms. The summed E-state index contributed by atoms with van der Waals surface area (Å²) < 4.78 is 2.09. The molecule has 0 atom stereocenters. The molecule has 0 amide bonds. The highest BCUT2D eigenvalue weighted by Crippen LogP contribution is 2.23. The maximum absolute atomic E-state index is 9.30. The molecule has 0 aliphatic rings. The van der Waals surface area contributed by atoms with Crippen molar-refractivity contribution in [1.82, 2.24) is 0 Å². The highest BCUT2D eigenvalue weighted by Gasteiger charge is 2.13. The van der Waals surface area contributed by atoms with Gasteiger partial charge in [0, 0.05) is 35.7 Å². The fraction of sp³-hybridized carbons (Fsp3) is 0. The fourth-order valence-corrected chi connectivity index (χ4v) is 2.96. The molecule has 0 spiro atoms. The smallest absolute Gasteiger partial charge is 0.218 e. The Labute approximate surface area is 164 Å². The maximum Gasteiger partial charge on any atom is 0.218 e. The van der Waals surface area contributed by atoms with Crippen LogP contribution in [0.25, 0.3) is 27.6 Å². The van der Waals surface area contributed by atoms with E-state index in [-0.39, 0.29) is 24.8 Å². The van der Waals surface area contributed by atoms with Gasteiger partial charge < -0.3 is 24.8 Å². The minimum absolute atomic E-state index is 0. The summed E-state index contributed by atoms with van der Waals surface area (Å²) in [6, 6.07) is 22.5. The van der Waals surface area contributed by atoms with Crippen LogP contribution in [0.1, 0.15) is 5.56 Å². The number of halogens is 2. The lowest BCUT2D eigenvalue weighted by molar-refractivity contribution is -0.594. The van der Waals surface area contributed by atoms with Crippen molar-refractivity contribution in [3.63, 3.8) is 0 Å². The summed E-state index contributed by atoms with van der Waals surface area (Å²) in [4.78, 5) is 3.04. The Hall–Kier alpha value is -2.93. The molecule has 0 fully saturated rings. The number of nitrogens with zero attached hydrogens (tertiary/aromatic N) is 2. The molecule has 0 saturated heterocycles. The molecule has 0 unspecified atom stereocenters. The van der Waals surface area contributed by atoms with Crippen LogP contribution in [0.15, 0.2) is 85.5 Å². The number of rotatable bonds is 2. The molecule has 0 radical (unpaired) electrons. The van der Waals surface area contributed by atoms with Gasteiger partial charge in [0.2, 0.25) is 5.69 Å². The van der Waals surface area contributed by atoms with E-state index in [0.29, 0.717) is 5.56 Å². The van der Waals surface area contributed by atoms with Gasteiger partial charge in [0.1, 0.15) is 0 Å². The first-order valence-corrected chi connectivity index (χ1v) is 7.77. The molecule has 2 heterocycles. The Bertz CT molecular complexity index is 1060. The molecule has 2 aromatic heterocycles. The van der Waals surface area contributed by atoms with Crippen LogP contribution >= 0.6 is 0 Å². The quantitative estimate of drug-likeness (QED) is 0.354. The van der Waals surface area contributed by atoms with Crippen LogP contribution in [0.5, 0.6) is 0 Å². The van der Waals surface area contributed by atoms with E-state index < -0.39 is 0 Å². The lowest BCUT2D eigenvalue weighted by atomic mass is 10.0. The number of H-pyrrole nitrogens is 1. The molecule has 3 nitrogen and oxygen atoms in total. The Morgan fingerprint density at radius 2 is 1.35 bits per heavy atom. The van der Waals surface area contributed by atoms with Crippen LogP contribution in [0.4, 0.5) is 0 Å². The minimum atomic E-state index is 0. The van der Waals surface area contributed by atoms with Crippen molar-refractivity contribution < 1.29 is 34.4 Å². The van der Waals surface area contributed by atoms with Gasteiger partial charge >= 0.3 is 0 Å². The van der Waals surface area contributed by atoms with Gasteiger partial charge in [-0.1, -0.05) is 18.2 Å². The van der Waals surface area contributed by atoms with E-state index in [9.17, 15) is 5.26 Å². The van der Waals surface area contributed by atoms with Gasteiger partial charge in [0.05, 0.1) is 17.0 Å². The third-order valence-corrected chi connectivity index (χ3v) is 4.18. The number of hydrogen-bond donors (Lipinski definition) is 0. The lowest BCUT2D eigenvalue weighted by Crippen LogP contribution is -3.00. The Morgan fingerprint density at radius 3 is 2.00 bits per heavy atom. The first-order valence-electron chi connectivity index (χ1n) is 7.77. The zero-order valence-corrected chi connectivity index (χ0v) is 15.2. The van der Waals surface area contributed by atoms with E-state index in [1.165, 1.54) is 11.1 Å². The average Bonchev–Trinajstić information content (AvgIpc) is 2.68. The Kier molecular flexibility index (Phi) is 6.30. The summed E-state index contributed by atoms with van der Waals surface area (Å²) >= 11 is 0.